The predicted octanol–water partition coefficient (Wildman–Crippen LogP) is 1.44. The fraction of sp³-hybridized carbons (Fsp3) is 0.500. The van der Waals surface area contributed by atoms with Crippen molar-refractivity contribution in [2.75, 3.05) is 25.6 Å². The molecule has 4 nitrogen and oxygen atoms in total. The number of amides is 1. The van der Waals surface area contributed by atoms with Crippen molar-refractivity contribution in [1.82, 2.24) is 5.32 Å². The molecule has 5 heteroatoms. The van der Waals surface area contributed by atoms with E-state index in [4.69, 9.17) is 4.74 Å². The zero-order valence-corrected chi connectivity index (χ0v) is 11.6. The summed E-state index contributed by atoms with van der Waals surface area (Å²) in [5, 5.41) is 12.5. The first kappa shape index (κ1) is 14.4. The van der Waals surface area contributed by atoms with Crippen LogP contribution in [-0.2, 0) is 9.53 Å². The number of carbonyl (C=O) groups excluding carboxylic acids is 1. The number of hydrogen-bond acceptors (Lipinski definition) is 4. The van der Waals surface area contributed by atoms with Gasteiger partial charge in [0.05, 0.1) is 17.9 Å². The molecule has 1 saturated heterocycles. The first-order valence-corrected chi connectivity index (χ1v) is 7.40. The standard InChI is InChI=1S/C14H19NO3S/c16-11-14(6-8-18-9-7-14)15-13(17)10-19-12-4-2-1-3-5-12/h1-5,16H,6-11H2,(H,15,17). The number of rotatable bonds is 5. The van der Waals surface area contributed by atoms with E-state index in [2.05, 4.69) is 5.32 Å². The Balaban J connectivity index is 1.83. The van der Waals surface area contributed by atoms with Crippen molar-refractivity contribution in [3.8, 4) is 0 Å². The molecule has 2 rings (SSSR count). The number of aliphatic hydroxyl groups excluding tert-OH is 1. The van der Waals surface area contributed by atoms with Crippen molar-refractivity contribution in [3.63, 3.8) is 0 Å². The number of hydrogen-bond donors (Lipinski definition) is 2. The van der Waals surface area contributed by atoms with Crippen LogP contribution >= 0.6 is 11.8 Å². The molecule has 1 aliphatic rings. The average Bonchev–Trinajstić information content (AvgIpc) is 2.47. The lowest BCUT2D eigenvalue weighted by atomic mass is 9.91. The minimum atomic E-state index is -0.493. The molecule has 104 valence electrons. The smallest absolute Gasteiger partial charge is 0.230 e. The summed E-state index contributed by atoms with van der Waals surface area (Å²) in [6.45, 7) is 1.15. The highest BCUT2D eigenvalue weighted by molar-refractivity contribution is 8.00. The van der Waals surface area contributed by atoms with Crippen LogP contribution in [-0.4, -0.2) is 42.1 Å². The molecule has 0 bridgehead atoms. The third-order valence-electron chi connectivity index (χ3n) is 3.27. The van der Waals surface area contributed by atoms with E-state index in [1.165, 1.54) is 11.8 Å². The summed E-state index contributed by atoms with van der Waals surface area (Å²) in [6, 6.07) is 9.82. The molecule has 1 heterocycles. The van der Waals surface area contributed by atoms with E-state index in [0.29, 0.717) is 31.8 Å². The molecule has 19 heavy (non-hydrogen) atoms. The van der Waals surface area contributed by atoms with Crippen LogP contribution in [0.15, 0.2) is 35.2 Å². The summed E-state index contributed by atoms with van der Waals surface area (Å²) in [4.78, 5) is 13.0. The number of ether oxygens (including phenoxy) is 1. The van der Waals surface area contributed by atoms with Crippen molar-refractivity contribution in [2.24, 2.45) is 0 Å². The number of aliphatic hydroxyl groups is 1. The van der Waals surface area contributed by atoms with Crippen LogP contribution in [0.5, 0.6) is 0 Å². The van der Waals surface area contributed by atoms with Gasteiger partial charge in [0.2, 0.25) is 5.91 Å². The lowest BCUT2D eigenvalue weighted by molar-refractivity contribution is -0.122. The predicted molar refractivity (Wildman–Crippen MR) is 75.2 cm³/mol. The molecule has 1 aromatic rings. The highest BCUT2D eigenvalue weighted by Gasteiger charge is 2.33. The van der Waals surface area contributed by atoms with Gasteiger partial charge in [0, 0.05) is 18.1 Å². The molecule has 0 saturated carbocycles. The summed E-state index contributed by atoms with van der Waals surface area (Å²) in [5.41, 5.74) is -0.493. The van der Waals surface area contributed by atoms with Gasteiger partial charge in [0.15, 0.2) is 0 Å². The summed E-state index contributed by atoms with van der Waals surface area (Å²) in [5.74, 6) is 0.330. The second-order valence-corrected chi connectivity index (χ2v) is 5.75. The van der Waals surface area contributed by atoms with E-state index >= 15 is 0 Å². The SMILES string of the molecule is O=C(CSc1ccccc1)NC1(CO)CCOCC1. The van der Waals surface area contributed by atoms with Gasteiger partial charge in [-0.3, -0.25) is 4.79 Å². The number of thioether (sulfide) groups is 1. The van der Waals surface area contributed by atoms with Gasteiger partial charge >= 0.3 is 0 Å². The van der Waals surface area contributed by atoms with Gasteiger partial charge in [-0.05, 0) is 25.0 Å². The lowest BCUT2D eigenvalue weighted by Crippen LogP contribution is -2.55. The van der Waals surface area contributed by atoms with Gasteiger partial charge in [-0.15, -0.1) is 11.8 Å². The summed E-state index contributed by atoms with van der Waals surface area (Å²) < 4.78 is 5.27. The fourth-order valence-electron chi connectivity index (χ4n) is 2.08. The quantitative estimate of drug-likeness (QED) is 0.802. The second-order valence-electron chi connectivity index (χ2n) is 4.70. The maximum atomic E-state index is 12.0. The van der Waals surface area contributed by atoms with E-state index in [1.807, 2.05) is 30.3 Å². The minimum Gasteiger partial charge on any atom is -0.394 e. The Kier molecular flexibility index (Phi) is 5.24. The lowest BCUT2D eigenvalue weighted by Gasteiger charge is -2.36. The molecule has 0 aromatic heterocycles. The molecule has 1 aromatic carbocycles. The Morgan fingerprint density at radius 3 is 2.63 bits per heavy atom. The highest BCUT2D eigenvalue weighted by Crippen LogP contribution is 2.21. The maximum absolute atomic E-state index is 12.0. The number of nitrogens with one attached hydrogen (secondary N) is 1. The van der Waals surface area contributed by atoms with Crippen molar-refractivity contribution >= 4 is 17.7 Å². The Hall–Kier alpha value is -1.04. The van der Waals surface area contributed by atoms with Gasteiger partial charge in [-0.1, -0.05) is 18.2 Å². The van der Waals surface area contributed by atoms with E-state index in [9.17, 15) is 9.90 Å². The second kappa shape index (κ2) is 6.93. The van der Waals surface area contributed by atoms with Crippen molar-refractivity contribution in [3.05, 3.63) is 30.3 Å². The highest BCUT2D eigenvalue weighted by atomic mass is 32.2. The molecule has 1 aliphatic heterocycles. The van der Waals surface area contributed by atoms with Crippen LogP contribution in [0.4, 0.5) is 0 Å². The summed E-state index contributed by atoms with van der Waals surface area (Å²) >= 11 is 1.50. The van der Waals surface area contributed by atoms with Crippen molar-refractivity contribution < 1.29 is 14.6 Å². The molecule has 1 fully saturated rings. The van der Waals surface area contributed by atoms with Gasteiger partial charge in [0.1, 0.15) is 0 Å². The van der Waals surface area contributed by atoms with Crippen LogP contribution in [0.3, 0.4) is 0 Å². The van der Waals surface area contributed by atoms with Crippen LogP contribution < -0.4 is 5.32 Å². The third-order valence-corrected chi connectivity index (χ3v) is 4.28. The molecule has 0 radical (unpaired) electrons. The summed E-state index contributed by atoms with van der Waals surface area (Å²) in [6.07, 6.45) is 1.34. The molecule has 0 unspecified atom stereocenters. The minimum absolute atomic E-state index is 0.0297. The maximum Gasteiger partial charge on any atom is 0.230 e. The van der Waals surface area contributed by atoms with Crippen LogP contribution in [0, 0.1) is 0 Å². The number of benzene rings is 1. The summed E-state index contributed by atoms with van der Waals surface area (Å²) in [7, 11) is 0. The van der Waals surface area contributed by atoms with Crippen molar-refractivity contribution in [1.29, 1.82) is 0 Å². The van der Waals surface area contributed by atoms with E-state index in [0.717, 1.165) is 4.90 Å². The Bertz CT molecular complexity index is 404. The van der Waals surface area contributed by atoms with Crippen LogP contribution in [0.2, 0.25) is 0 Å². The zero-order chi connectivity index (χ0) is 13.6. The molecule has 0 aliphatic carbocycles. The Morgan fingerprint density at radius 2 is 2.00 bits per heavy atom. The van der Waals surface area contributed by atoms with E-state index in [-0.39, 0.29) is 12.5 Å². The molecule has 0 atom stereocenters. The van der Waals surface area contributed by atoms with Gasteiger partial charge in [-0.2, -0.15) is 0 Å². The normalized spacial score (nSPS) is 17.9. The van der Waals surface area contributed by atoms with Crippen LogP contribution in [0.1, 0.15) is 12.8 Å². The van der Waals surface area contributed by atoms with E-state index in [1.54, 1.807) is 0 Å². The monoisotopic (exact) mass is 281 g/mol. The fourth-order valence-corrected chi connectivity index (χ4v) is 2.80. The van der Waals surface area contributed by atoms with Gasteiger partial charge in [-0.25, -0.2) is 0 Å². The first-order chi connectivity index (χ1) is 9.24. The molecule has 2 N–H and O–H groups in total. The molecular weight excluding hydrogens is 262 g/mol. The first-order valence-electron chi connectivity index (χ1n) is 6.42. The average molecular weight is 281 g/mol. The number of carbonyl (C=O) groups is 1. The van der Waals surface area contributed by atoms with Gasteiger partial charge in [0.25, 0.3) is 0 Å². The van der Waals surface area contributed by atoms with E-state index < -0.39 is 5.54 Å². The Labute approximate surface area is 117 Å². The topological polar surface area (TPSA) is 58.6 Å². The van der Waals surface area contributed by atoms with Crippen LogP contribution in [0.25, 0.3) is 0 Å². The zero-order valence-electron chi connectivity index (χ0n) is 10.8. The molecule has 0 spiro atoms. The third kappa shape index (κ3) is 4.23. The van der Waals surface area contributed by atoms with Gasteiger partial charge < -0.3 is 15.2 Å². The molecular formula is C14H19NO3S. The largest absolute Gasteiger partial charge is 0.394 e. The molecule has 1 amide bonds. The Morgan fingerprint density at radius 1 is 1.32 bits per heavy atom. The van der Waals surface area contributed by atoms with Crippen molar-refractivity contribution in [2.45, 2.75) is 23.3 Å².